The summed E-state index contributed by atoms with van der Waals surface area (Å²) in [4.78, 5) is 38.6. The number of hydrogen-bond acceptors (Lipinski definition) is 6. The molecule has 154 valence electrons. The number of carbonyl (C=O) groups is 3. The summed E-state index contributed by atoms with van der Waals surface area (Å²) >= 11 is 1.25. The van der Waals surface area contributed by atoms with Crippen molar-refractivity contribution in [2.75, 3.05) is 0 Å². The molecule has 1 aromatic rings. The number of fused-ring (bicyclic) bond motifs is 1. The van der Waals surface area contributed by atoms with Gasteiger partial charge in [-0.15, -0.1) is 0 Å². The molecule has 7 nitrogen and oxygen atoms in total. The molecule has 2 aliphatic heterocycles. The summed E-state index contributed by atoms with van der Waals surface area (Å²) in [6, 6.07) is 9.01. The Bertz CT molecular complexity index is 873. The van der Waals surface area contributed by atoms with Crippen LogP contribution in [0.1, 0.15) is 32.8 Å². The van der Waals surface area contributed by atoms with E-state index in [0.717, 1.165) is 5.56 Å². The number of carbonyl (C=O) groups excluding carboxylic acids is 3. The Labute approximate surface area is 173 Å². The van der Waals surface area contributed by atoms with Gasteiger partial charge in [-0.1, -0.05) is 42.1 Å². The topological polar surface area (TPSA) is 95.9 Å². The van der Waals surface area contributed by atoms with Crippen LogP contribution >= 0.6 is 11.8 Å². The van der Waals surface area contributed by atoms with Gasteiger partial charge in [0.05, 0.1) is 17.6 Å². The molecule has 1 saturated heterocycles. The smallest absolute Gasteiger partial charge is 0.356 e. The Balaban J connectivity index is 1.78. The van der Waals surface area contributed by atoms with E-state index in [1.807, 2.05) is 30.3 Å². The van der Waals surface area contributed by atoms with Gasteiger partial charge in [-0.05, 0) is 24.8 Å². The molecular weight excluding hydrogens is 392 g/mol. The van der Waals surface area contributed by atoms with Crippen molar-refractivity contribution in [2.24, 2.45) is 5.92 Å². The highest BCUT2D eigenvalue weighted by atomic mass is 32.2. The number of thioether (sulfide) groups is 1. The molecule has 8 heteroatoms. The molecule has 0 aromatic heterocycles. The Kier molecular flexibility index (Phi) is 6.14. The number of β-lactam (4-membered cyclic amide) rings is 1. The number of hydrogen-bond donors (Lipinski definition) is 2. The van der Waals surface area contributed by atoms with Crippen LogP contribution in [0.15, 0.2) is 52.5 Å². The molecule has 2 unspecified atom stereocenters. The second kappa shape index (κ2) is 8.42. The SMILES string of the molecule is CC(=O)N/C=C/SC1=C(C(=O)OCc2ccccc2)N2C(=O)C(C(C)(C)O)C2C1. The fourth-order valence-corrected chi connectivity index (χ4v) is 4.46. The molecule has 0 radical (unpaired) electrons. The Hall–Kier alpha value is -2.58. The first-order valence-corrected chi connectivity index (χ1v) is 10.2. The second-order valence-corrected chi connectivity index (χ2v) is 8.57. The fourth-order valence-electron chi connectivity index (χ4n) is 3.60. The first-order chi connectivity index (χ1) is 13.7. The zero-order valence-electron chi connectivity index (χ0n) is 16.5. The van der Waals surface area contributed by atoms with E-state index in [-0.39, 0.29) is 30.2 Å². The van der Waals surface area contributed by atoms with E-state index < -0.39 is 17.5 Å². The largest absolute Gasteiger partial charge is 0.456 e. The Morgan fingerprint density at radius 2 is 2.03 bits per heavy atom. The summed E-state index contributed by atoms with van der Waals surface area (Å²) in [7, 11) is 0. The summed E-state index contributed by atoms with van der Waals surface area (Å²) in [5.74, 6) is -1.63. The predicted molar refractivity (Wildman–Crippen MR) is 109 cm³/mol. The molecule has 3 rings (SSSR count). The van der Waals surface area contributed by atoms with Gasteiger partial charge in [0.1, 0.15) is 12.3 Å². The van der Waals surface area contributed by atoms with Crippen LogP contribution < -0.4 is 5.32 Å². The molecular formula is C21H24N2O5S. The van der Waals surface area contributed by atoms with Gasteiger partial charge < -0.3 is 20.1 Å². The van der Waals surface area contributed by atoms with Crippen LogP contribution in [0.3, 0.4) is 0 Å². The lowest BCUT2D eigenvalue weighted by molar-refractivity contribution is -0.170. The van der Waals surface area contributed by atoms with Gasteiger partial charge in [0.25, 0.3) is 0 Å². The third-order valence-electron chi connectivity index (χ3n) is 4.85. The molecule has 0 saturated carbocycles. The molecule has 1 fully saturated rings. The zero-order chi connectivity index (χ0) is 21.2. The third kappa shape index (κ3) is 4.54. The third-order valence-corrected chi connectivity index (χ3v) is 5.77. The highest BCUT2D eigenvalue weighted by Crippen LogP contribution is 2.49. The maximum absolute atomic E-state index is 12.8. The van der Waals surface area contributed by atoms with E-state index in [0.29, 0.717) is 11.3 Å². The van der Waals surface area contributed by atoms with E-state index in [9.17, 15) is 19.5 Å². The predicted octanol–water partition coefficient (Wildman–Crippen LogP) is 2.28. The molecule has 0 bridgehead atoms. The number of nitrogens with zero attached hydrogens (tertiary/aromatic N) is 1. The van der Waals surface area contributed by atoms with Crippen LogP contribution in [0.2, 0.25) is 0 Å². The summed E-state index contributed by atoms with van der Waals surface area (Å²) in [6.45, 7) is 4.70. The first kappa shape index (κ1) is 21.1. The minimum atomic E-state index is -1.18. The van der Waals surface area contributed by atoms with Crippen molar-refractivity contribution in [3.8, 4) is 0 Å². The van der Waals surface area contributed by atoms with E-state index in [4.69, 9.17) is 4.74 Å². The maximum Gasteiger partial charge on any atom is 0.356 e. The molecule has 0 spiro atoms. The zero-order valence-corrected chi connectivity index (χ0v) is 17.4. The Morgan fingerprint density at radius 3 is 2.66 bits per heavy atom. The van der Waals surface area contributed by atoms with Crippen LogP contribution in [0.4, 0.5) is 0 Å². The number of nitrogens with one attached hydrogen (secondary N) is 1. The quantitative estimate of drug-likeness (QED) is 0.523. The van der Waals surface area contributed by atoms with Crippen molar-refractivity contribution < 1.29 is 24.2 Å². The normalized spacial score (nSPS) is 21.2. The fraction of sp³-hybridized carbons (Fsp3) is 0.381. The van der Waals surface area contributed by atoms with Gasteiger partial charge in [0.2, 0.25) is 11.8 Å². The van der Waals surface area contributed by atoms with Gasteiger partial charge >= 0.3 is 5.97 Å². The summed E-state index contributed by atoms with van der Waals surface area (Å²) in [5, 5.41) is 14.5. The molecule has 2 heterocycles. The van der Waals surface area contributed by atoms with Crippen molar-refractivity contribution in [3.63, 3.8) is 0 Å². The van der Waals surface area contributed by atoms with Crippen LogP contribution in [0, 0.1) is 5.92 Å². The molecule has 2 amide bonds. The molecule has 2 N–H and O–H groups in total. The minimum Gasteiger partial charge on any atom is -0.456 e. The summed E-state index contributed by atoms with van der Waals surface area (Å²) in [5.41, 5.74) is -0.113. The van der Waals surface area contributed by atoms with E-state index >= 15 is 0 Å². The lowest BCUT2D eigenvalue weighted by Gasteiger charge is -2.48. The van der Waals surface area contributed by atoms with Crippen LogP contribution in [-0.2, 0) is 25.7 Å². The number of amides is 2. The first-order valence-electron chi connectivity index (χ1n) is 9.28. The lowest BCUT2D eigenvalue weighted by Crippen LogP contribution is -2.65. The number of ether oxygens (including phenoxy) is 1. The van der Waals surface area contributed by atoms with Crippen molar-refractivity contribution in [1.29, 1.82) is 0 Å². The van der Waals surface area contributed by atoms with Gasteiger partial charge in [-0.3, -0.25) is 9.59 Å². The molecule has 29 heavy (non-hydrogen) atoms. The van der Waals surface area contributed by atoms with E-state index in [1.54, 1.807) is 19.3 Å². The van der Waals surface area contributed by atoms with Crippen molar-refractivity contribution >= 4 is 29.5 Å². The number of rotatable bonds is 7. The van der Waals surface area contributed by atoms with Crippen LogP contribution in [0.5, 0.6) is 0 Å². The number of aliphatic hydroxyl groups is 1. The van der Waals surface area contributed by atoms with Gasteiger partial charge in [0, 0.05) is 24.4 Å². The second-order valence-electron chi connectivity index (χ2n) is 7.57. The van der Waals surface area contributed by atoms with Gasteiger partial charge in [0.15, 0.2) is 0 Å². The maximum atomic E-state index is 12.8. The Morgan fingerprint density at radius 1 is 1.34 bits per heavy atom. The summed E-state index contributed by atoms with van der Waals surface area (Å²) in [6.07, 6.45) is 1.93. The average Bonchev–Trinajstić information content (AvgIpc) is 2.96. The van der Waals surface area contributed by atoms with E-state index in [1.165, 1.54) is 29.8 Å². The number of benzene rings is 1. The monoisotopic (exact) mass is 416 g/mol. The molecule has 2 atom stereocenters. The highest BCUT2D eigenvalue weighted by Gasteiger charge is 2.59. The van der Waals surface area contributed by atoms with Crippen molar-refractivity contribution in [2.45, 2.75) is 45.4 Å². The summed E-state index contributed by atoms with van der Waals surface area (Å²) < 4.78 is 5.45. The van der Waals surface area contributed by atoms with Crippen molar-refractivity contribution in [3.05, 3.63) is 58.1 Å². The van der Waals surface area contributed by atoms with Gasteiger partial charge in [-0.25, -0.2) is 4.79 Å². The van der Waals surface area contributed by atoms with Crippen LogP contribution in [-0.4, -0.2) is 39.4 Å². The highest BCUT2D eigenvalue weighted by molar-refractivity contribution is 8.05. The van der Waals surface area contributed by atoms with Crippen LogP contribution in [0.25, 0.3) is 0 Å². The number of esters is 1. The van der Waals surface area contributed by atoms with Crippen molar-refractivity contribution in [1.82, 2.24) is 10.2 Å². The molecule has 2 aliphatic rings. The minimum absolute atomic E-state index is 0.102. The standard InChI is InChI=1S/C21H24N2O5S/c1-13(24)22-9-10-29-16-11-15-17(21(2,3)27)19(25)23(15)18(16)20(26)28-12-14-7-5-4-6-8-14/h4-10,15,17,27H,11-12H2,1-3H3,(H,22,24)/b10-9+. The van der Waals surface area contributed by atoms with Gasteiger partial charge in [-0.2, -0.15) is 0 Å². The molecule has 0 aliphatic carbocycles. The average molecular weight is 416 g/mol. The molecule has 1 aromatic carbocycles. The lowest BCUT2D eigenvalue weighted by atomic mass is 9.76. The van der Waals surface area contributed by atoms with E-state index in [2.05, 4.69) is 5.32 Å².